The number of hydrogen-bond acceptors (Lipinski definition) is 5. The Hall–Kier alpha value is -2.78. The average molecular weight is 415 g/mol. The number of hydrogen-bond donors (Lipinski definition) is 0. The summed E-state index contributed by atoms with van der Waals surface area (Å²) in [5.74, 6) is 0.0370. The maximum Gasteiger partial charge on any atom is 0.349 e. The molecule has 0 saturated heterocycles. The number of nitriles is 1. The smallest absolute Gasteiger partial charge is 0.349 e. The molecule has 0 aliphatic rings. The average Bonchev–Trinajstić information content (AvgIpc) is 2.64. The molecule has 0 heterocycles. The Morgan fingerprint density at radius 3 is 2.46 bits per heavy atom. The first-order valence-electron chi connectivity index (χ1n) is 7.83. The molecule has 0 N–H and O–H groups in total. The highest BCUT2D eigenvalue weighted by molar-refractivity contribution is 9.10. The summed E-state index contributed by atoms with van der Waals surface area (Å²) in [5, 5.41) is 9.26. The van der Waals surface area contributed by atoms with Crippen LogP contribution in [0.1, 0.15) is 11.1 Å². The molecular formula is C20H19BrN2O3. The van der Waals surface area contributed by atoms with E-state index in [1.54, 1.807) is 19.2 Å². The number of methoxy groups -OCH3 is 1. The molecule has 0 amide bonds. The lowest BCUT2D eigenvalue weighted by molar-refractivity contribution is -0.139. The summed E-state index contributed by atoms with van der Waals surface area (Å²) in [6.07, 6.45) is 1.52. The molecule has 134 valence electrons. The van der Waals surface area contributed by atoms with Crippen LogP contribution in [-0.2, 0) is 16.1 Å². The van der Waals surface area contributed by atoms with Crippen molar-refractivity contribution in [1.82, 2.24) is 0 Å². The van der Waals surface area contributed by atoms with Crippen LogP contribution in [0.4, 0.5) is 5.69 Å². The fourth-order valence-corrected chi connectivity index (χ4v) is 2.79. The van der Waals surface area contributed by atoms with Crippen LogP contribution in [0, 0.1) is 11.3 Å². The minimum Gasteiger partial charge on any atom is -0.496 e. The second kappa shape index (κ2) is 9.07. The Bertz CT molecular complexity index is 852. The largest absolute Gasteiger partial charge is 0.496 e. The number of esters is 1. The molecule has 0 unspecified atom stereocenters. The van der Waals surface area contributed by atoms with Crippen LogP contribution in [0.15, 0.2) is 52.5 Å². The summed E-state index contributed by atoms with van der Waals surface area (Å²) in [4.78, 5) is 14.1. The third-order valence-electron chi connectivity index (χ3n) is 3.65. The van der Waals surface area contributed by atoms with Gasteiger partial charge in [-0.3, -0.25) is 0 Å². The van der Waals surface area contributed by atoms with Gasteiger partial charge in [0.05, 0.1) is 11.6 Å². The van der Waals surface area contributed by atoms with Gasteiger partial charge in [0.25, 0.3) is 0 Å². The topological polar surface area (TPSA) is 62.6 Å². The Balaban J connectivity index is 2.06. The van der Waals surface area contributed by atoms with E-state index in [-0.39, 0.29) is 12.2 Å². The van der Waals surface area contributed by atoms with Crippen LogP contribution in [0.2, 0.25) is 0 Å². The van der Waals surface area contributed by atoms with Gasteiger partial charge >= 0.3 is 5.97 Å². The molecule has 0 aliphatic carbocycles. The fourth-order valence-electron chi connectivity index (χ4n) is 2.20. The predicted octanol–water partition coefficient (Wildman–Crippen LogP) is 4.17. The van der Waals surface area contributed by atoms with Crippen LogP contribution in [0.25, 0.3) is 6.08 Å². The maximum atomic E-state index is 12.2. The van der Waals surface area contributed by atoms with Crippen molar-refractivity contribution in [2.75, 3.05) is 26.1 Å². The lowest BCUT2D eigenvalue weighted by Crippen LogP contribution is -2.08. The van der Waals surface area contributed by atoms with Gasteiger partial charge in [0, 0.05) is 19.8 Å². The monoisotopic (exact) mass is 414 g/mol. The number of carbonyl (C=O) groups is 1. The molecule has 2 aromatic rings. The Labute approximate surface area is 161 Å². The first-order valence-corrected chi connectivity index (χ1v) is 8.62. The molecule has 0 atom stereocenters. The molecule has 0 fully saturated rings. The Kier molecular flexibility index (Phi) is 6.81. The van der Waals surface area contributed by atoms with E-state index in [2.05, 4.69) is 15.9 Å². The van der Waals surface area contributed by atoms with Crippen LogP contribution in [-0.4, -0.2) is 27.2 Å². The lowest BCUT2D eigenvalue weighted by atomic mass is 10.1. The summed E-state index contributed by atoms with van der Waals surface area (Å²) < 4.78 is 11.2. The highest BCUT2D eigenvalue weighted by Crippen LogP contribution is 2.26. The van der Waals surface area contributed by atoms with E-state index >= 15 is 0 Å². The molecular weight excluding hydrogens is 396 g/mol. The quantitative estimate of drug-likeness (QED) is 0.403. The van der Waals surface area contributed by atoms with Gasteiger partial charge in [-0.25, -0.2) is 4.79 Å². The molecule has 0 aromatic heterocycles. The standard InChI is InChI=1S/C20H19BrN2O3/c1-23(2)17-7-4-14(5-8-17)10-16(12-22)20(24)26-13-15-6-9-19(25-3)18(21)11-15/h4-11H,13H2,1-3H3/b16-10+. The molecule has 2 aromatic carbocycles. The van der Waals surface area contributed by atoms with E-state index in [9.17, 15) is 10.1 Å². The van der Waals surface area contributed by atoms with Gasteiger partial charge < -0.3 is 14.4 Å². The second-order valence-corrected chi connectivity index (χ2v) is 6.56. The summed E-state index contributed by atoms with van der Waals surface area (Å²) in [5.41, 5.74) is 2.54. The van der Waals surface area contributed by atoms with Gasteiger partial charge in [-0.2, -0.15) is 5.26 Å². The molecule has 2 rings (SSSR count). The fraction of sp³-hybridized carbons (Fsp3) is 0.200. The van der Waals surface area contributed by atoms with Gasteiger partial charge in [0.1, 0.15) is 24.0 Å². The Morgan fingerprint density at radius 2 is 1.92 bits per heavy atom. The Morgan fingerprint density at radius 1 is 1.23 bits per heavy atom. The first-order chi connectivity index (χ1) is 12.4. The third kappa shape index (κ3) is 5.11. The van der Waals surface area contributed by atoms with Crippen LogP contribution in [0.3, 0.4) is 0 Å². The first kappa shape index (κ1) is 19.5. The van der Waals surface area contributed by atoms with Gasteiger partial charge in [0.2, 0.25) is 0 Å². The number of carbonyl (C=O) groups excluding carboxylic acids is 1. The third-order valence-corrected chi connectivity index (χ3v) is 4.27. The molecule has 0 spiro atoms. The van der Waals surface area contributed by atoms with E-state index in [0.29, 0.717) is 5.75 Å². The molecule has 0 aliphatic heterocycles. The van der Waals surface area contributed by atoms with Crippen LogP contribution < -0.4 is 9.64 Å². The number of halogens is 1. The van der Waals surface area contributed by atoms with Crippen molar-refractivity contribution in [3.8, 4) is 11.8 Å². The van der Waals surface area contributed by atoms with Gasteiger partial charge in [0.15, 0.2) is 0 Å². The van der Waals surface area contributed by atoms with Crippen molar-refractivity contribution in [1.29, 1.82) is 5.26 Å². The summed E-state index contributed by atoms with van der Waals surface area (Å²) in [6, 6.07) is 14.8. The van der Waals surface area contributed by atoms with Crippen molar-refractivity contribution in [3.63, 3.8) is 0 Å². The number of ether oxygens (including phenoxy) is 2. The number of nitrogens with zero attached hydrogens (tertiary/aromatic N) is 2. The lowest BCUT2D eigenvalue weighted by Gasteiger charge is -2.12. The zero-order valence-corrected chi connectivity index (χ0v) is 16.4. The van der Waals surface area contributed by atoms with E-state index < -0.39 is 5.97 Å². The molecule has 6 heteroatoms. The maximum absolute atomic E-state index is 12.2. The molecule has 0 saturated carbocycles. The molecule has 0 bridgehead atoms. The highest BCUT2D eigenvalue weighted by atomic mass is 79.9. The van der Waals surface area contributed by atoms with E-state index in [4.69, 9.17) is 9.47 Å². The van der Waals surface area contributed by atoms with E-state index in [1.807, 2.05) is 55.4 Å². The minimum atomic E-state index is -0.656. The van der Waals surface area contributed by atoms with E-state index in [1.165, 1.54) is 6.08 Å². The summed E-state index contributed by atoms with van der Waals surface area (Å²) >= 11 is 3.38. The number of anilines is 1. The van der Waals surface area contributed by atoms with Gasteiger partial charge in [-0.05, 0) is 57.4 Å². The van der Waals surface area contributed by atoms with Crippen molar-refractivity contribution in [2.45, 2.75) is 6.61 Å². The van der Waals surface area contributed by atoms with Crippen LogP contribution >= 0.6 is 15.9 Å². The summed E-state index contributed by atoms with van der Waals surface area (Å²) in [7, 11) is 5.47. The normalized spacial score (nSPS) is 10.8. The van der Waals surface area contributed by atoms with Crippen molar-refractivity contribution >= 4 is 33.7 Å². The van der Waals surface area contributed by atoms with E-state index in [0.717, 1.165) is 21.3 Å². The highest BCUT2D eigenvalue weighted by Gasteiger charge is 2.12. The van der Waals surface area contributed by atoms with Crippen molar-refractivity contribution in [3.05, 3.63) is 63.6 Å². The molecule has 0 radical (unpaired) electrons. The van der Waals surface area contributed by atoms with Crippen LogP contribution in [0.5, 0.6) is 5.75 Å². The second-order valence-electron chi connectivity index (χ2n) is 5.70. The predicted molar refractivity (Wildman–Crippen MR) is 105 cm³/mol. The van der Waals surface area contributed by atoms with Gasteiger partial charge in [-0.1, -0.05) is 18.2 Å². The molecule has 5 nitrogen and oxygen atoms in total. The minimum absolute atomic E-state index is 0.0461. The zero-order chi connectivity index (χ0) is 19.1. The van der Waals surface area contributed by atoms with Crippen molar-refractivity contribution < 1.29 is 14.3 Å². The SMILES string of the molecule is COc1ccc(COC(=O)/C(C#N)=C/c2ccc(N(C)C)cc2)cc1Br. The number of benzene rings is 2. The van der Waals surface area contributed by atoms with Crippen molar-refractivity contribution in [2.24, 2.45) is 0 Å². The van der Waals surface area contributed by atoms with Gasteiger partial charge in [-0.15, -0.1) is 0 Å². The summed E-state index contributed by atoms with van der Waals surface area (Å²) in [6.45, 7) is 0.0695. The number of rotatable bonds is 6. The molecule has 26 heavy (non-hydrogen) atoms. The zero-order valence-electron chi connectivity index (χ0n) is 14.8.